The Kier molecular flexibility index (Phi) is 3.55. The van der Waals surface area contributed by atoms with E-state index in [4.69, 9.17) is 16.3 Å². The molecule has 0 aliphatic carbocycles. The first-order chi connectivity index (χ1) is 10.0. The van der Waals surface area contributed by atoms with E-state index in [9.17, 15) is 9.18 Å². The fraction of sp³-hybridized carbons (Fsp3) is 0.0769. The van der Waals surface area contributed by atoms with E-state index >= 15 is 0 Å². The van der Waals surface area contributed by atoms with Crippen LogP contribution in [0, 0.1) is 28.5 Å². The van der Waals surface area contributed by atoms with Gasteiger partial charge < -0.3 is 10.5 Å². The minimum Gasteiger partial charge on any atom is -0.465 e. The van der Waals surface area contributed by atoms with Gasteiger partial charge in [-0.15, -0.1) is 0 Å². The molecule has 1 aromatic heterocycles. The van der Waals surface area contributed by atoms with Crippen molar-refractivity contribution in [3.63, 3.8) is 0 Å². The molecule has 21 heavy (non-hydrogen) atoms. The van der Waals surface area contributed by atoms with Gasteiger partial charge in [-0.1, -0.05) is 0 Å². The lowest BCUT2D eigenvalue weighted by Gasteiger charge is -2.10. The van der Waals surface area contributed by atoms with Crippen molar-refractivity contribution < 1.29 is 13.9 Å². The molecule has 0 radical (unpaired) electrons. The number of hydrogen-bond donors (Lipinski definition) is 1. The quantitative estimate of drug-likeness (QED) is 0.652. The maximum Gasteiger partial charge on any atom is 0.340 e. The van der Waals surface area contributed by atoms with Crippen LogP contribution in [0.5, 0.6) is 0 Å². The van der Waals surface area contributed by atoms with Gasteiger partial charge in [-0.25, -0.2) is 14.2 Å². The van der Waals surface area contributed by atoms with Crippen molar-refractivity contribution in [2.24, 2.45) is 0 Å². The molecule has 0 aliphatic rings. The Balaban J connectivity index is 2.71. The van der Waals surface area contributed by atoms with Gasteiger partial charge in [0.15, 0.2) is 11.4 Å². The Morgan fingerprint density at radius 3 is 2.71 bits per heavy atom. The van der Waals surface area contributed by atoms with Crippen LogP contribution in [0.25, 0.3) is 5.69 Å². The smallest absolute Gasteiger partial charge is 0.340 e. The highest BCUT2D eigenvalue weighted by Crippen LogP contribution is 2.24. The number of halogens is 1. The normalized spacial score (nSPS) is 9.71. The second-order valence-corrected chi connectivity index (χ2v) is 3.92. The molecule has 1 aromatic carbocycles. The van der Waals surface area contributed by atoms with Crippen molar-refractivity contribution in [2.75, 3.05) is 12.8 Å². The van der Waals surface area contributed by atoms with Gasteiger partial charge in [-0.2, -0.15) is 10.5 Å². The SMILES string of the molecule is COC(=O)c1cc(-n2cnc(C#N)c2C#N)c(F)cc1N. The summed E-state index contributed by atoms with van der Waals surface area (Å²) in [5, 5.41) is 17.9. The number of anilines is 1. The zero-order valence-electron chi connectivity index (χ0n) is 10.8. The number of imidazole rings is 1. The second kappa shape index (κ2) is 5.31. The van der Waals surface area contributed by atoms with Gasteiger partial charge in [0.05, 0.1) is 18.4 Å². The Bertz CT molecular complexity index is 813. The highest BCUT2D eigenvalue weighted by Gasteiger charge is 2.19. The zero-order valence-corrected chi connectivity index (χ0v) is 10.8. The topological polar surface area (TPSA) is 118 Å². The van der Waals surface area contributed by atoms with Gasteiger partial charge in [0.2, 0.25) is 0 Å². The van der Waals surface area contributed by atoms with Gasteiger partial charge in [0.25, 0.3) is 0 Å². The lowest BCUT2D eigenvalue weighted by molar-refractivity contribution is 0.0602. The summed E-state index contributed by atoms with van der Waals surface area (Å²) in [6.07, 6.45) is 1.12. The lowest BCUT2D eigenvalue weighted by atomic mass is 10.1. The summed E-state index contributed by atoms with van der Waals surface area (Å²) < 4.78 is 19.7. The van der Waals surface area contributed by atoms with E-state index in [1.807, 2.05) is 0 Å². The Labute approximate surface area is 118 Å². The van der Waals surface area contributed by atoms with Crippen LogP contribution in [-0.4, -0.2) is 22.6 Å². The van der Waals surface area contributed by atoms with Crippen molar-refractivity contribution >= 4 is 11.7 Å². The minimum absolute atomic E-state index is 0.0509. The molecule has 2 rings (SSSR count). The molecule has 0 aliphatic heterocycles. The maximum absolute atomic E-state index is 14.0. The van der Waals surface area contributed by atoms with Crippen LogP contribution in [0.3, 0.4) is 0 Å². The minimum atomic E-state index is -0.765. The molecule has 0 unspecified atom stereocenters. The standard InChI is InChI=1S/C13H8FN5O2/c1-21-13(20)7-2-11(8(14)3-9(7)17)19-6-18-10(4-15)12(19)5-16/h2-3,6H,17H2,1H3. The number of carbonyl (C=O) groups is 1. The third-order valence-electron chi connectivity index (χ3n) is 2.76. The van der Waals surface area contributed by atoms with E-state index in [-0.39, 0.29) is 28.3 Å². The summed E-state index contributed by atoms with van der Waals surface area (Å²) in [7, 11) is 1.16. The molecule has 1 heterocycles. The van der Waals surface area contributed by atoms with Gasteiger partial charge in [0.1, 0.15) is 24.3 Å². The average molecular weight is 285 g/mol. The number of nitrogens with zero attached hydrogens (tertiary/aromatic N) is 4. The molecule has 0 saturated carbocycles. The van der Waals surface area contributed by atoms with Crippen molar-refractivity contribution in [1.82, 2.24) is 9.55 Å². The first-order valence-corrected chi connectivity index (χ1v) is 5.58. The Hall–Kier alpha value is -3.39. The van der Waals surface area contributed by atoms with Gasteiger partial charge >= 0.3 is 5.97 Å². The highest BCUT2D eigenvalue weighted by atomic mass is 19.1. The second-order valence-electron chi connectivity index (χ2n) is 3.92. The van der Waals surface area contributed by atoms with E-state index in [0.29, 0.717) is 0 Å². The molecule has 0 saturated heterocycles. The third-order valence-corrected chi connectivity index (χ3v) is 2.76. The van der Waals surface area contributed by atoms with Crippen LogP contribution in [0.2, 0.25) is 0 Å². The molecule has 7 nitrogen and oxygen atoms in total. The lowest BCUT2D eigenvalue weighted by Crippen LogP contribution is -2.09. The number of methoxy groups -OCH3 is 1. The van der Waals surface area contributed by atoms with Crippen LogP contribution in [0.1, 0.15) is 21.7 Å². The first-order valence-electron chi connectivity index (χ1n) is 5.58. The van der Waals surface area contributed by atoms with Crippen molar-refractivity contribution in [3.05, 3.63) is 41.2 Å². The molecule has 104 valence electrons. The maximum atomic E-state index is 14.0. The third kappa shape index (κ3) is 2.26. The number of esters is 1. The number of rotatable bonds is 2. The van der Waals surface area contributed by atoms with Gasteiger partial charge in [-0.3, -0.25) is 4.57 Å². The molecular formula is C13H8FN5O2. The summed E-state index contributed by atoms with van der Waals surface area (Å²) in [5.74, 6) is -1.51. The fourth-order valence-corrected chi connectivity index (χ4v) is 1.77. The number of nitrogen functional groups attached to an aromatic ring is 1. The predicted molar refractivity (Wildman–Crippen MR) is 68.7 cm³/mol. The van der Waals surface area contributed by atoms with E-state index in [1.54, 1.807) is 12.1 Å². The number of benzene rings is 1. The number of carbonyl (C=O) groups excluding carboxylic acids is 1. The Morgan fingerprint density at radius 1 is 1.43 bits per heavy atom. The first kappa shape index (κ1) is 14.0. The largest absolute Gasteiger partial charge is 0.465 e. The summed E-state index contributed by atoms with van der Waals surface area (Å²) in [5.41, 5.74) is 5.00. The number of aromatic nitrogens is 2. The van der Waals surface area contributed by atoms with Crippen LogP contribution >= 0.6 is 0 Å². The summed E-state index contributed by atoms with van der Waals surface area (Å²) in [6, 6.07) is 5.56. The van der Waals surface area contributed by atoms with Crippen molar-refractivity contribution in [1.29, 1.82) is 10.5 Å². The number of nitrogens with two attached hydrogens (primary N) is 1. The van der Waals surface area contributed by atoms with Crippen LogP contribution in [0.15, 0.2) is 18.5 Å². The molecule has 0 spiro atoms. The number of nitriles is 2. The van der Waals surface area contributed by atoms with E-state index < -0.39 is 11.8 Å². The monoisotopic (exact) mass is 285 g/mol. The fourth-order valence-electron chi connectivity index (χ4n) is 1.77. The van der Waals surface area contributed by atoms with Crippen LogP contribution < -0.4 is 5.73 Å². The van der Waals surface area contributed by atoms with Crippen molar-refractivity contribution in [2.45, 2.75) is 0 Å². The molecule has 0 bridgehead atoms. The summed E-state index contributed by atoms with van der Waals surface area (Å²) >= 11 is 0. The van der Waals surface area contributed by atoms with E-state index in [2.05, 4.69) is 9.72 Å². The molecule has 0 fully saturated rings. The van der Waals surface area contributed by atoms with E-state index in [0.717, 1.165) is 30.1 Å². The zero-order chi connectivity index (χ0) is 15.6. The highest BCUT2D eigenvalue weighted by molar-refractivity contribution is 5.95. The number of ether oxygens (including phenoxy) is 1. The predicted octanol–water partition coefficient (Wildman–Crippen LogP) is 1.12. The molecule has 0 atom stereocenters. The van der Waals surface area contributed by atoms with E-state index in [1.165, 1.54) is 0 Å². The molecule has 8 heteroatoms. The molecular weight excluding hydrogens is 277 g/mol. The molecule has 0 amide bonds. The number of hydrogen-bond acceptors (Lipinski definition) is 6. The summed E-state index contributed by atoms with van der Waals surface area (Å²) in [4.78, 5) is 15.3. The average Bonchev–Trinajstić information content (AvgIpc) is 2.89. The van der Waals surface area contributed by atoms with Gasteiger partial charge in [0, 0.05) is 5.69 Å². The van der Waals surface area contributed by atoms with Gasteiger partial charge in [-0.05, 0) is 12.1 Å². The summed E-state index contributed by atoms with van der Waals surface area (Å²) in [6.45, 7) is 0. The molecule has 2 aromatic rings. The van der Waals surface area contributed by atoms with Crippen LogP contribution in [-0.2, 0) is 4.74 Å². The molecule has 2 N–H and O–H groups in total. The van der Waals surface area contributed by atoms with Crippen molar-refractivity contribution in [3.8, 4) is 17.8 Å². The van der Waals surface area contributed by atoms with Crippen LogP contribution in [0.4, 0.5) is 10.1 Å². The Morgan fingerprint density at radius 2 is 2.14 bits per heavy atom.